The summed E-state index contributed by atoms with van der Waals surface area (Å²) in [5.41, 5.74) is 0. The SMILES string of the molecule is COCCN(CCOC1CCCCO1)CC1CCCN1. The van der Waals surface area contributed by atoms with E-state index in [2.05, 4.69) is 10.2 Å². The van der Waals surface area contributed by atoms with Crippen LogP contribution in [0, 0.1) is 0 Å². The summed E-state index contributed by atoms with van der Waals surface area (Å²) in [6.07, 6.45) is 6.06. The van der Waals surface area contributed by atoms with Crippen LogP contribution >= 0.6 is 0 Å². The summed E-state index contributed by atoms with van der Waals surface area (Å²) in [7, 11) is 1.76. The molecular weight excluding hydrogens is 256 g/mol. The van der Waals surface area contributed by atoms with E-state index < -0.39 is 0 Å². The maximum absolute atomic E-state index is 5.83. The van der Waals surface area contributed by atoms with Crippen LogP contribution in [0.4, 0.5) is 0 Å². The molecule has 118 valence electrons. The monoisotopic (exact) mass is 286 g/mol. The molecule has 5 heteroatoms. The van der Waals surface area contributed by atoms with Crippen molar-refractivity contribution in [2.75, 3.05) is 53.1 Å². The van der Waals surface area contributed by atoms with Crippen LogP contribution in [-0.2, 0) is 14.2 Å². The zero-order valence-corrected chi connectivity index (χ0v) is 12.8. The van der Waals surface area contributed by atoms with E-state index in [4.69, 9.17) is 14.2 Å². The molecule has 2 fully saturated rings. The molecule has 2 unspecified atom stereocenters. The number of hydrogen-bond acceptors (Lipinski definition) is 5. The van der Waals surface area contributed by atoms with Gasteiger partial charge in [-0.3, -0.25) is 4.90 Å². The topological polar surface area (TPSA) is 43.0 Å². The Morgan fingerprint density at radius 3 is 2.75 bits per heavy atom. The van der Waals surface area contributed by atoms with Crippen LogP contribution in [0.25, 0.3) is 0 Å². The van der Waals surface area contributed by atoms with E-state index in [9.17, 15) is 0 Å². The quantitative estimate of drug-likeness (QED) is 0.690. The lowest BCUT2D eigenvalue weighted by molar-refractivity contribution is -0.164. The average Bonchev–Trinajstić information content (AvgIpc) is 2.98. The third kappa shape index (κ3) is 6.06. The molecule has 1 N–H and O–H groups in total. The highest BCUT2D eigenvalue weighted by atomic mass is 16.7. The summed E-state index contributed by atoms with van der Waals surface area (Å²) in [6.45, 7) is 6.58. The molecule has 2 aliphatic heterocycles. The zero-order chi connectivity index (χ0) is 14.0. The largest absolute Gasteiger partial charge is 0.383 e. The predicted molar refractivity (Wildman–Crippen MR) is 78.9 cm³/mol. The van der Waals surface area contributed by atoms with Crippen molar-refractivity contribution in [1.29, 1.82) is 0 Å². The Morgan fingerprint density at radius 1 is 1.15 bits per heavy atom. The minimum atomic E-state index is 0.0256. The van der Waals surface area contributed by atoms with Gasteiger partial charge in [0.2, 0.25) is 0 Å². The molecule has 2 saturated heterocycles. The molecule has 2 aliphatic rings. The second-order valence-electron chi connectivity index (χ2n) is 5.75. The van der Waals surface area contributed by atoms with E-state index in [1.54, 1.807) is 7.11 Å². The molecular formula is C15H30N2O3. The molecule has 0 aromatic heterocycles. The maximum atomic E-state index is 5.83. The lowest BCUT2D eigenvalue weighted by Gasteiger charge is -2.27. The van der Waals surface area contributed by atoms with Crippen molar-refractivity contribution in [2.45, 2.75) is 44.4 Å². The van der Waals surface area contributed by atoms with Gasteiger partial charge in [0.25, 0.3) is 0 Å². The normalized spacial score (nSPS) is 27.3. The van der Waals surface area contributed by atoms with Crippen molar-refractivity contribution in [1.82, 2.24) is 10.2 Å². The van der Waals surface area contributed by atoms with Crippen molar-refractivity contribution in [3.63, 3.8) is 0 Å². The number of methoxy groups -OCH3 is 1. The van der Waals surface area contributed by atoms with E-state index in [0.29, 0.717) is 6.04 Å². The van der Waals surface area contributed by atoms with Gasteiger partial charge in [0.05, 0.1) is 13.2 Å². The first-order valence-electron chi connectivity index (χ1n) is 8.06. The van der Waals surface area contributed by atoms with Crippen molar-refractivity contribution in [3.8, 4) is 0 Å². The van der Waals surface area contributed by atoms with Crippen molar-refractivity contribution >= 4 is 0 Å². The van der Waals surface area contributed by atoms with Gasteiger partial charge in [-0.1, -0.05) is 0 Å². The highest BCUT2D eigenvalue weighted by molar-refractivity contribution is 4.78. The Kier molecular flexibility index (Phi) is 7.83. The van der Waals surface area contributed by atoms with Gasteiger partial charge < -0.3 is 19.5 Å². The molecule has 2 atom stereocenters. The molecule has 0 aromatic carbocycles. The number of hydrogen-bond donors (Lipinski definition) is 1. The lowest BCUT2D eigenvalue weighted by atomic mass is 10.2. The predicted octanol–water partition coefficient (Wildman–Crippen LogP) is 1.23. The minimum Gasteiger partial charge on any atom is -0.383 e. The molecule has 0 amide bonds. The zero-order valence-electron chi connectivity index (χ0n) is 12.8. The fraction of sp³-hybridized carbons (Fsp3) is 1.00. The first-order chi connectivity index (χ1) is 9.88. The summed E-state index contributed by atoms with van der Waals surface area (Å²) in [6, 6.07) is 0.637. The Labute approximate surface area is 122 Å². The van der Waals surface area contributed by atoms with E-state index in [0.717, 1.165) is 52.4 Å². The smallest absolute Gasteiger partial charge is 0.157 e. The van der Waals surface area contributed by atoms with Crippen molar-refractivity contribution in [2.24, 2.45) is 0 Å². The van der Waals surface area contributed by atoms with Crippen LogP contribution in [0.15, 0.2) is 0 Å². The molecule has 20 heavy (non-hydrogen) atoms. The highest BCUT2D eigenvalue weighted by Crippen LogP contribution is 2.13. The fourth-order valence-corrected chi connectivity index (χ4v) is 2.89. The second-order valence-corrected chi connectivity index (χ2v) is 5.75. The summed E-state index contributed by atoms with van der Waals surface area (Å²) >= 11 is 0. The van der Waals surface area contributed by atoms with Crippen molar-refractivity contribution < 1.29 is 14.2 Å². The molecule has 0 aromatic rings. The third-order valence-electron chi connectivity index (χ3n) is 4.10. The highest BCUT2D eigenvalue weighted by Gasteiger charge is 2.19. The van der Waals surface area contributed by atoms with Crippen LogP contribution in [0.2, 0.25) is 0 Å². The first-order valence-corrected chi connectivity index (χ1v) is 8.06. The van der Waals surface area contributed by atoms with Crippen molar-refractivity contribution in [3.05, 3.63) is 0 Å². The third-order valence-corrected chi connectivity index (χ3v) is 4.10. The minimum absolute atomic E-state index is 0.0256. The van der Waals surface area contributed by atoms with Crippen LogP contribution in [0.1, 0.15) is 32.1 Å². The molecule has 0 radical (unpaired) electrons. The van der Waals surface area contributed by atoms with Gasteiger partial charge in [0.1, 0.15) is 0 Å². The molecule has 0 spiro atoms. The van der Waals surface area contributed by atoms with Gasteiger partial charge in [-0.25, -0.2) is 0 Å². The van der Waals surface area contributed by atoms with Gasteiger partial charge in [0.15, 0.2) is 6.29 Å². The van der Waals surface area contributed by atoms with Crippen LogP contribution in [0.5, 0.6) is 0 Å². The summed E-state index contributed by atoms with van der Waals surface area (Å²) < 4.78 is 16.6. The summed E-state index contributed by atoms with van der Waals surface area (Å²) in [5, 5.41) is 3.56. The average molecular weight is 286 g/mol. The van der Waals surface area contributed by atoms with Crippen LogP contribution in [0.3, 0.4) is 0 Å². The van der Waals surface area contributed by atoms with Gasteiger partial charge in [0, 0.05) is 39.4 Å². The van der Waals surface area contributed by atoms with Gasteiger partial charge in [-0.2, -0.15) is 0 Å². The van der Waals surface area contributed by atoms with E-state index in [1.807, 2.05) is 0 Å². The van der Waals surface area contributed by atoms with Gasteiger partial charge in [-0.05, 0) is 38.6 Å². The molecule has 0 aliphatic carbocycles. The van der Waals surface area contributed by atoms with E-state index >= 15 is 0 Å². The summed E-state index contributed by atoms with van der Waals surface area (Å²) in [5.74, 6) is 0. The number of rotatable bonds is 9. The van der Waals surface area contributed by atoms with E-state index in [-0.39, 0.29) is 6.29 Å². The summed E-state index contributed by atoms with van der Waals surface area (Å²) in [4.78, 5) is 2.44. The van der Waals surface area contributed by atoms with Crippen LogP contribution < -0.4 is 5.32 Å². The maximum Gasteiger partial charge on any atom is 0.157 e. The molecule has 2 heterocycles. The van der Waals surface area contributed by atoms with Gasteiger partial charge >= 0.3 is 0 Å². The van der Waals surface area contributed by atoms with E-state index in [1.165, 1.54) is 25.7 Å². The fourth-order valence-electron chi connectivity index (χ4n) is 2.89. The number of nitrogens with one attached hydrogen (secondary N) is 1. The van der Waals surface area contributed by atoms with Crippen LogP contribution in [-0.4, -0.2) is 70.3 Å². The first kappa shape index (κ1) is 16.2. The van der Waals surface area contributed by atoms with Gasteiger partial charge in [-0.15, -0.1) is 0 Å². The Bertz CT molecular complexity index is 241. The molecule has 0 saturated carbocycles. The number of nitrogens with zero attached hydrogens (tertiary/aromatic N) is 1. The Hall–Kier alpha value is -0.200. The molecule has 2 rings (SSSR count). The lowest BCUT2D eigenvalue weighted by Crippen LogP contribution is -2.41. The second kappa shape index (κ2) is 9.68. The molecule has 5 nitrogen and oxygen atoms in total. The Balaban J connectivity index is 1.63. The molecule has 0 bridgehead atoms. The number of ether oxygens (including phenoxy) is 3. The Morgan fingerprint density at radius 2 is 2.05 bits per heavy atom. The standard InChI is InChI=1S/C15H30N2O3/c1-18-11-8-17(13-14-5-4-7-16-14)9-12-20-15-6-2-3-10-19-15/h14-16H,2-13H2,1H3.